The van der Waals surface area contributed by atoms with Gasteiger partial charge < -0.3 is 15.0 Å². The molecular formula is C12H14BrN3O. The molecule has 0 saturated heterocycles. The minimum absolute atomic E-state index is 0.439. The average molecular weight is 296 g/mol. The summed E-state index contributed by atoms with van der Waals surface area (Å²) in [6.45, 7) is 1.17. The van der Waals surface area contributed by atoms with E-state index in [4.69, 9.17) is 10.5 Å². The zero-order valence-electron chi connectivity index (χ0n) is 9.56. The van der Waals surface area contributed by atoms with Gasteiger partial charge in [0.25, 0.3) is 0 Å². The number of hydrogen-bond acceptors (Lipinski definition) is 3. The van der Waals surface area contributed by atoms with E-state index in [1.165, 1.54) is 0 Å². The monoisotopic (exact) mass is 295 g/mol. The van der Waals surface area contributed by atoms with Gasteiger partial charge in [-0.1, -0.05) is 15.9 Å². The van der Waals surface area contributed by atoms with Crippen LogP contribution in [0.1, 0.15) is 11.4 Å². The van der Waals surface area contributed by atoms with Crippen LogP contribution in [0.15, 0.2) is 35.1 Å². The largest absolute Gasteiger partial charge is 0.497 e. The summed E-state index contributed by atoms with van der Waals surface area (Å²) in [5, 5.41) is 0. The van der Waals surface area contributed by atoms with E-state index < -0.39 is 0 Å². The summed E-state index contributed by atoms with van der Waals surface area (Å²) in [7, 11) is 1.66. The third-order valence-electron chi connectivity index (χ3n) is 2.58. The number of hydrogen-bond donors (Lipinski definition) is 1. The second-order valence-corrected chi connectivity index (χ2v) is 4.49. The quantitative estimate of drug-likeness (QED) is 0.940. The Balaban J connectivity index is 2.29. The van der Waals surface area contributed by atoms with Gasteiger partial charge >= 0.3 is 0 Å². The van der Waals surface area contributed by atoms with Crippen molar-refractivity contribution in [2.24, 2.45) is 5.73 Å². The second-order valence-electron chi connectivity index (χ2n) is 3.63. The average Bonchev–Trinajstić information content (AvgIpc) is 2.79. The van der Waals surface area contributed by atoms with Crippen LogP contribution in [0.25, 0.3) is 0 Å². The van der Waals surface area contributed by atoms with Crippen molar-refractivity contribution in [1.29, 1.82) is 0 Å². The number of nitrogens with two attached hydrogens (primary N) is 1. The summed E-state index contributed by atoms with van der Waals surface area (Å²) >= 11 is 3.53. The highest BCUT2D eigenvalue weighted by molar-refractivity contribution is 9.10. The molecule has 2 aromatic rings. The van der Waals surface area contributed by atoms with Crippen LogP contribution in [0.5, 0.6) is 5.75 Å². The third kappa shape index (κ3) is 2.68. The van der Waals surface area contributed by atoms with Gasteiger partial charge in [0.15, 0.2) is 0 Å². The summed E-state index contributed by atoms with van der Waals surface area (Å²) in [5.41, 5.74) is 6.76. The van der Waals surface area contributed by atoms with Crippen LogP contribution in [0.3, 0.4) is 0 Å². The van der Waals surface area contributed by atoms with Crippen molar-refractivity contribution >= 4 is 15.9 Å². The predicted octanol–water partition coefficient (Wildman–Crippen LogP) is 2.16. The Morgan fingerprint density at radius 1 is 1.47 bits per heavy atom. The van der Waals surface area contributed by atoms with Crippen LogP contribution in [0, 0.1) is 0 Å². The molecule has 0 aliphatic heterocycles. The van der Waals surface area contributed by atoms with E-state index in [0.717, 1.165) is 28.2 Å². The summed E-state index contributed by atoms with van der Waals surface area (Å²) in [6, 6.07) is 5.91. The van der Waals surface area contributed by atoms with Crippen molar-refractivity contribution in [2.45, 2.75) is 13.1 Å². The topological polar surface area (TPSA) is 53.1 Å². The first-order chi connectivity index (χ1) is 8.24. The molecule has 0 amide bonds. The summed E-state index contributed by atoms with van der Waals surface area (Å²) in [6.07, 6.45) is 3.68. The van der Waals surface area contributed by atoms with E-state index >= 15 is 0 Å². The van der Waals surface area contributed by atoms with Crippen LogP contribution in [0.2, 0.25) is 0 Å². The number of halogens is 1. The lowest BCUT2D eigenvalue weighted by atomic mass is 10.2. The molecule has 0 saturated carbocycles. The normalized spacial score (nSPS) is 10.5. The molecule has 17 heavy (non-hydrogen) atoms. The smallest absolute Gasteiger partial charge is 0.122 e. The molecule has 0 bridgehead atoms. The maximum atomic E-state index is 5.62. The fraction of sp³-hybridized carbons (Fsp3) is 0.250. The molecule has 0 unspecified atom stereocenters. The SMILES string of the molecule is COc1ccc(Br)c(Cn2ccnc2CN)c1. The number of methoxy groups -OCH3 is 1. The molecule has 90 valence electrons. The van der Waals surface area contributed by atoms with Crippen molar-refractivity contribution in [3.05, 3.63) is 46.5 Å². The second kappa shape index (κ2) is 5.33. The number of aromatic nitrogens is 2. The lowest BCUT2D eigenvalue weighted by Gasteiger charge is -2.10. The van der Waals surface area contributed by atoms with Gasteiger partial charge in [-0.05, 0) is 23.8 Å². The van der Waals surface area contributed by atoms with E-state index in [9.17, 15) is 0 Å². The van der Waals surface area contributed by atoms with Gasteiger partial charge in [-0.25, -0.2) is 4.98 Å². The fourth-order valence-electron chi connectivity index (χ4n) is 1.66. The molecule has 0 radical (unpaired) electrons. The Labute approximate surface area is 109 Å². The first-order valence-corrected chi connectivity index (χ1v) is 6.06. The highest BCUT2D eigenvalue weighted by Gasteiger charge is 2.06. The van der Waals surface area contributed by atoms with Gasteiger partial charge in [0.2, 0.25) is 0 Å². The minimum atomic E-state index is 0.439. The van der Waals surface area contributed by atoms with E-state index in [0.29, 0.717) is 6.54 Å². The van der Waals surface area contributed by atoms with Crippen molar-refractivity contribution in [3.8, 4) is 5.75 Å². The highest BCUT2D eigenvalue weighted by atomic mass is 79.9. The van der Waals surface area contributed by atoms with Gasteiger partial charge in [-0.3, -0.25) is 0 Å². The highest BCUT2D eigenvalue weighted by Crippen LogP contribution is 2.23. The van der Waals surface area contributed by atoms with Crippen molar-refractivity contribution in [3.63, 3.8) is 0 Å². The lowest BCUT2D eigenvalue weighted by Crippen LogP contribution is -2.09. The zero-order chi connectivity index (χ0) is 12.3. The molecule has 0 spiro atoms. The van der Waals surface area contributed by atoms with E-state index in [-0.39, 0.29) is 0 Å². The van der Waals surface area contributed by atoms with Crippen LogP contribution >= 0.6 is 15.9 Å². The number of rotatable bonds is 4. The Kier molecular flexibility index (Phi) is 3.81. The molecule has 1 aromatic heterocycles. The summed E-state index contributed by atoms with van der Waals surface area (Å²) in [5.74, 6) is 1.72. The standard InChI is InChI=1S/C12H14BrN3O/c1-17-10-2-3-11(13)9(6-10)8-16-5-4-15-12(16)7-14/h2-6H,7-8,14H2,1H3. The van der Waals surface area contributed by atoms with Crippen molar-refractivity contribution < 1.29 is 4.74 Å². The molecule has 0 atom stereocenters. The molecule has 2 rings (SSSR count). The Morgan fingerprint density at radius 3 is 3.00 bits per heavy atom. The predicted molar refractivity (Wildman–Crippen MR) is 69.9 cm³/mol. The van der Waals surface area contributed by atoms with Crippen molar-refractivity contribution in [1.82, 2.24) is 9.55 Å². The zero-order valence-corrected chi connectivity index (χ0v) is 11.1. The van der Waals surface area contributed by atoms with Crippen LogP contribution in [-0.4, -0.2) is 16.7 Å². The summed E-state index contributed by atoms with van der Waals surface area (Å²) < 4.78 is 8.29. The van der Waals surface area contributed by atoms with Crippen molar-refractivity contribution in [2.75, 3.05) is 7.11 Å². The molecule has 0 aliphatic carbocycles. The van der Waals surface area contributed by atoms with Gasteiger partial charge in [0.05, 0.1) is 20.2 Å². The Morgan fingerprint density at radius 2 is 2.29 bits per heavy atom. The first kappa shape index (κ1) is 12.1. The lowest BCUT2D eigenvalue weighted by molar-refractivity contribution is 0.414. The number of imidazole rings is 1. The molecule has 1 heterocycles. The maximum absolute atomic E-state index is 5.62. The minimum Gasteiger partial charge on any atom is -0.497 e. The van der Waals surface area contributed by atoms with Gasteiger partial charge in [0, 0.05) is 16.9 Å². The first-order valence-electron chi connectivity index (χ1n) is 5.27. The van der Waals surface area contributed by atoms with Gasteiger partial charge in [-0.2, -0.15) is 0 Å². The Hall–Kier alpha value is -1.33. The van der Waals surface area contributed by atoms with Gasteiger partial charge in [-0.15, -0.1) is 0 Å². The van der Waals surface area contributed by atoms with Crippen LogP contribution in [-0.2, 0) is 13.1 Å². The number of benzene rings is 1. The molecule has 5 heteroatoms. The molecule has 2 N–H and O–H groups in total. The maximum Gasteiger partial charge on any atom is 0.122 e. The number of ether oxygens (including phenoxy) is 1. The molecule has 0 fully saturated rings. The summed E-state index contributed by atoms with van der Waals surface area (Å²) in [4.78, 5) is 4.19. The third-order valence-corrected chi connectivity index (χ3v) is 3.35. The van der Waals surface area contributed by atoms with E-state index in [1.807, 2.05) is 29.0 Å². The Bertz CT molecular complexity index is 510. The molecule has 0 aliphatic rings. The molecule has 1 aromatic carbocycles. The van der Waals surface area contributed by atoms with Crippen LogP contribution < -0.4 is 10.5 Å². The molecular weight excluding hydrogens is 282 g/mol. The molecule has 4 nitrogen and oxygen atoms in total. The van der Waals surface area contributed by atoms with E-state index in [2.05, 4.69) is 20.9 Å². The van der Waals surface area contributed by atoms with Gasteiger partial charge in [0.1, 0.15) is 11.6 Å². The van der Waals surface area contributed by atoms with Crippen LogP contribution in [0.4, 0.5) is 0 Å². The van der Waals surface area contributed by atoms with E-state index in [1.54, 1.807) is 13.3 Å². The number of nitrogens with zero attached hydrogens (tertiary/aromatic N) is 2. The fourth-order valence-corrected chi connectivity index (χ4v) is 2.03.